The molecule has 3 N–H and O–H groups in total. The molecule has 0 amide bonds. The maximum Gasteiger partial charge on any atom is 0.246 e. The Morgan fingerprint density at radius 1 is 1.56 bits per heavy atom. The zero-order chi connectivity index (χ0) is 12.5. The molecule has 1 aromatic rings. The van der Waals surface area contributed by atoms with E-state index in [4.69, 9.17) is 5.73 Å². The number of thiocarbonyl (C=S) groups is 1. The lowest BCUT2D eigenvalue weighted by Gasteiger charge is -2.16. The van der Waals surface area contributed by atoms with Crippen LogP contribution in [0.3, 0.4) is 0 Å². The van der Waals surface area contributed by atoms with Crippen molar-refractivity contribution >= 4 is 27.2 Å². The number of nitrogens with one attached hydrogen (secondary N) is 1. The molecule has 1 rings (SSSR count). The van der Waals surface area contributed by atoms with Gasteiger partial charge in [0.25, 0.3) is 0 Å². The van der Waals surface area contributed by atoms with Crippen LogP contribution in [-0.4, -0.2) is 41.5 Å². The Kier molecular flexibility index (Phi) is 3.66. The number of hydrogen-bond donors (Lipinski definition) is 2. The van der Waals surface area contributed by atoms with E-state index in [2.05, 4.69) is 22.4 Å². The van der Waals surface area contributed by atoms with Gasteiger partial charge in [-0.05, 0) is 13.8 Å². The summed E-state index contributed by atoms with van der Waals surface area (Å²) in [5.74, 6) is 0. The highest BCUT2D eigenvalue weighted by molar-refractivity contribution is 7.89. The second kappa shape index (κ2) is 4.48. The van der Waals surface area contributed by atoms with Crippen molar-refractivity contribution in [3.8, 4) is 0 Å². The van der Waals surface area contributed by atoms with E-state index in [1.54, 1.807) is 13.8 Å². The molecule has 0 atom stereocenters. The number of H-pyrrole nitrogens is 1. The second-order valence-corrected chi connectivity index (χ2v) is 6.00. The summed E-state index contributed by atoms with van der Waals surface area (Å²) >= 11 is 4.68. The molecule has 90 valence electrons. The summed E-state index contributed by atoms with van der Waals surface area (Å²) in [6.07, 6.45) is 0. The molecule has 0 bridgehead atoms. The molecule has 0 radical (unpaired) electrons. The van der Waals surface area contributed by atoms with Gasteiger partial charge in [-0.2, -0.15) is 9.40 Å². The van der Waals surface area contributed by atoms with Gasteiger partial charge in [0.05, 0.1) is 22.9 Å². The molecule has 0 aromatic carbocycles. The Morgan fingerprint density at radius 2 is 2.12 bits per heavy atom. The minimum atomic E-state index is -3.58. The highest BCUT2D eigenvalue weighted by Gasteiger charge is 2.27. The van der Waals surface area contributed by atoms with Gasteiger partial charge in [0.2, 0.25) is 10.0 Å². The lowest BCUT2D eigenvalue weighted by molar-refractivity contribution is 0.505. The fourth-order valence-corrected chi connectivity index (χ4v) is 3.13. The van der Waals surface area contributed by atoms with Crippen LogP contribution in [0.1, 0.15) is 11.4 Å². The maximum atomic E-state index is 12.1. The first-order chi connectivity index (χ1) is 7.26. The molecule has 1 heterocycles. The molecule has 0 fully saturated rings. The molecule has 0 unspecified atom stereocenters. The van der Waals surface area contributed by atoms with Crippen molar-refractivity contribution in [2.45, 2.75) is 18.7 Å². The summed E-state index contributed by atoms with van der Waals surface area (Å²) in [6, 6.07) is 0. The van der Waals surface area contributed by atoms with E-state index in [0.717, 1.165) is 4.31 Å². The van der Waals surface area contributed by atoms with Crippen LogP contribution in [0.4, 0.5) is 0 Å². The summed E-state index contributed by atoms with van der Waals surface area (Å²) in [5.41, 5.74) is 6.27. The Balaban J connectivity index is 3.17. The van der Waals surface area contributed by atoms with E-state index in [-0.39, 0.29) is 16.4 Å². The summed E-state index contributed by atoms with van der Waals surface area (Å²) in [5, 5.41) is 6.48. The summed E-state index contributed by atoms with van der Waals surface area (Å²) < 4.78 is 25.4. The lowest BCUT2D eigenvalue weighted by Crippen LogP contribution is -2.34. The Morgan fingerprint density at radius 3 is 2.50 bits per heavy atom. The molecular formula is C8H14N4O2S2. The third kappa shape index (κ3) is 2.39. The zero-order valence-corrected chi connectivity index (χ0v) is 10.9. The third-order valence-electron chi connectivity index (χ3n) is 2.11. The molecule has 0 spiro atoms. The number of aryl methyl sites for hydroxylation is 2. The minimum absolute atomic E-state index is 0.0156. The highest BCUT2D eigenvalue weighted by Crippen LogP contribution is 2.20. The molecule has 8 heteroatoms. The number of hydrogen-bond acceptors (Lipinski definition) is 4. The second-order valence-electron chi connectivity index (χ2n) is 3.49. The van der Waals surface area contributed by atoms with Crippen LogP contribution in [0.2, 0.25) is 0 Å². The van der Waals surface area contributed by atoms with Crippen molar-refractivity contribution in [2.75, 3.05) is 13.6 Å². The predicted molar refractivity (Wildman–Crippen MR) is 64.7 cm³/mol. The number of nitrogens with two attached hydrogens (primary N) is 1. The molecule has 0 saturated heterocycles. The standard InChI is InChI=1S/C8H14N4O2S2/c1-5-8(6(2)11-10-5)16(13,14)12(3)4-7(9)15/h4H2,1-3H3,(H2,9,15)(H,10,11). The van der Waals surface area contributed by atoms with Gasteiger partial charge < -0.3 is 5.73 Å². The van der Waals surface area contributed by atoms with Crippen molar-refractivity contribution in [1.29, 1.82) is 0 Å². The molecule has 16 heavy (non-hydrogen) atoms. The number of aromatic amines is 1. The largest absolute Gasteiger partial charge is 0.392 e. The van der Waals surface area contributed by atoms with Gasteiger partial charge in [-0.1, -0.05) is 12.2 Å². The average Bonchev–Trinajstić information content (AvgIpc) is 2.45. The van der Waals surface area contributed by atoms with Gasteiger partial charge in [0.1, 0.15) is 4.90 Å². The smallest absolute Gasteiger partial charge is 0.246 e. The zero-order valence-electron chi connectivity index (χ0n) is 9.31. The van der Waals surface area contributed by atoms with Crippen LogP contribution in [-0.2, 0) is 10.0 Å². The first-order valence-electron chi connectivity index (χ1n) is 4.53. The van der Waals surface area contributed by atoms with E-state index >= 15 is 0 Å². The number of nitrogens with zero attached hydrogens (tertiary/aromatic N) is 2. The predicted octanol–water partition coefficient (Wildman–Crippen LogP) is -0.0669. The third-order valence-corrected chi connectivity index (χ3v) is 4.30. The van der Waals surface area contributed by atoms with Crippen molar-refractivity contribution < 1.29 is 8.42 Å². The van der Waals surface area contributed by atoms with Crippen LogP contribution in [0, 0.1) is 13.8 Å². The van der Waals surface area contributed by atoms with Crippen LogP contribution in [0.5, 0.6) is 0 Å². The molecular weight excluding hydrogens is 248 g/mol. The van der Waals surface area contributed by atoms with E-state index in [9.17, 15) is 8.42 Å². The van der Waals surface area contributed by atoms with E-state index in [1.807, 2.05) is 0 Å². The van der Waals surface area contributed by atoms with Gasteiger partial charge in [0.15, 0.2) is 0 Å². The Bertz CT molecular complexity index is 487. The monoisotopic (exact) mass is 262 g/mol. The number of rotatable bonds is 4. The molecule has 0 aliphatic rings. The summed E-state index contributed by atoms with van der Waals surface area (Å²) in [6.45, 7) is 3.30. The SMILES string of the molecule is Cc1n[nH]c(C)c1S(=O)(=O)N(C)CC(N)=S. The first-order valence-corrected chi connectivity index (χ1v) is 6.38. The quantitative estimate of drug-likeness (QED) is 0.741. The molecule has 0 aliphatic carbocycles. The van der Waals surface area contributed by atoms with Crippen molar-refractivity contribution in [1.82, 2.24) is 14.5 Å². The maximum absolute atomic E-state index is 12.1. The van der Waals surface area contributed by atoms with Crippen molar-refractivity contribution in [3.05, 3.63) is 11.4 Å². The van der Waals surface area contributed by atoms with Crippen LogP contribution >= 0.6 is 12.2 Å². The van der Waals surface area contributed by atoms with E-state index in [1.165, 1.54) is 7.05 Å². The highest BCUT2D eigenvalue weighted by atomic mass is 32.2. The van der Waals surface area contributed by atoms with Crippen molar-refractivity contribution in [3.63, 3.8) is 0 Å². The van der Waals surface area contributed by atoms with Gasteiger partial charge in [0, 0.05) is 7.05 Å². The van der Waals surface area contributed by atoms with Crippen LogP contribution in [0.15, 0.2) is 4.90 Å². The van der Waals surface area contributed by atoms with Gasteiger partial charge >= 0.3 is 0 Å². The van der Waals surface area contributed by atoms with Gasteiger partial charge in [-0.25, -0.2) is 8.42 Å². The lowest BCUT2D eigenvalue weighted by atomic mass is 10.4. The Labute approximate surface area is 99.9 Å². The molecule has 0 saturated carbocycles. The summed E-state index contributed by atoms with van der Waals surface area (Å²) in [4.78, 5) is 0.316. The Hall–Kier alpha value is -0.990. The first kappa shape index (κ1) is 13.1. The normalized spacial score (nSPS) is 12.0. The van der Waals surface area contributed by atoms with Crippen molar-refractivity contribution in [2.24, 2.45) is 5.73 Å². The molecule has 1 aromatic heterocycles. The molecule has 0 aliphatic heterocycles. The van der Waals surface area contributed by atoms with E-state index < -0.39 is 10.0 Å². The van der Waals surface area contributed by atoms with Crippen LogP contribution < -0.4 is 5.73 Å². The van der Waals surface area contributed by atoms with E-state index in [0.29, 0.717) is 11.4 Å². The molecule has 6 nitrogen and oxygen atoms in total. The van der Waals surface area contributed by atoms with Crippen LogP contribution in [0.25, 0.3) is 0 Å². The number of aromatic nitrogens is 2. The fraction of sp³-hybridized carbons (Fsp3) is 0.500. The topological polar surface area (TPSA) is 92.1 Å². The summed E-state index contributed by atoms with van der Waals surface area (Å²) in [7, 11) is -2.15. The van der Waals surface area contributed by atoms with Gasteiger partial charge in [-0.3, -0.25) is 5.10 Å². The minimum Gasteiger partial charge on any atom is -0.392 e. The average molecular weight is 262 g/mol. The number of likely N-dealkylation sites (N-methyl/N-ethyl adjacent to an activating group) is 1. The fourth-order valence-electron chi connectivity index (χ4n) is 1.38. The van der Waals surface area contributed by atoms with Gasteiger partial charge in [-0.15, -0.1) is 0 Å². The number of sulfonamides is 1.